The third-order valence-corrected chi connectivity index (χ3v) is 4.50. The van der Waals surface area contributed by atoms with E-state index in [1.54, 1.807) is 12.4 Å². The van der Waals surface area contributed by atoms with Gasteiger partial charge in [-0.3, -0.25) is 5.10 Å². The number of rotatable bonds is 4. The minimum atomic E-state index is 0.548. The van der Waals surface area contributed by atoms with Gasteiger partial charge in [0.2, 0.25) is 5.95 Å². The molecule has 124 valence electrons. The van der Waals surface area contributed by atoms with Gasteiger partial charge in [-0.25, -0.2) is 15.0 Å². The van der Waals surface area contributed by atoms with Gasteiger partial charge >= 0.3 is 0 Å². The van der Waals surface area contributed by atoms with E-state index in [4.69, 9.17) is 0 Å². The first-order chi connectivity index (χ1) is 12.2. The predicted octanol–water partition coefficient (Wildman–Crippen LogP) is 4.35. The molecule has 0 saturated heterocycles. The van der Waals surface area contributed by atoms with E-state index in [0.717, 1.165) is 33.3 Å². The van der Waals surface area contributed by atoms with Crippen molar-refractivity contribution in [1.82, 2.24) is 25.1 Å². The Morgan fingerprint density at radius 1 is 1.12 bits per heavy atom. The summed E-state index contributed by atoms with van der Waals surface area (Å²) in [4.78, 5) is 13.2. The van der Waals surface area contributed by atoms with Crippen LogP contribution in [0.3, 0.4) is 0 Å². The minimum Gasteiger partial charge on any atom is -0.300 e. The molecule has 0 aliphatic rings. The summed E-state index contributed by atoms with van der Waals surface area (Å²) in [5.41, 5.74) is 6.01. The molecule has 0 radical (unpaired) electrons. The lowest BCUT2D eigenvalue weighted by atomic mass is 10.0. The number of aromatic nitrogens is 5. The zero-order valence-electron chi connectivity index (χ0n) is 13.8. The minimum absolute atomic E-state index is 0.548. The van der Waals surface area contributed by atoms with Crippen molar-refractivity contribution in [2.24, 2.45) is 0 Å². The van der Waals surface area contributed by atoms with Gasteiger partial charge in [0, 0.05) is 28.4 Å². The number of nitrogens with zero attached hydrogens (tertiary/aromatic N) is 4. The lowest BCUT2D eigenvalue weighted by Crippen LogP contribution is -1.97. The van der Waals surface area contributed by atoms with Gasteiger partial charge in [-0.2, -0.15) is 5.10 Å². The standard InChI is InChI=1S/C18H16N6S/c1-11-4-3-5-13(8-11)16-14(9-20-24-16)15-10-25-18(22-15)23-17-19-7-6-12(2)21-17/h3-10H,1-2H3,(H,20,24)(H,19,21,22,23). The Balaban J connectivity index is 1.64. The van der Waals surface area contributed by atoms with Crippen LogP contribution in [-0.4, -0.2) is 25.1 Å². The van der Waals surface area contributed by atoms with Crippen molar-refractivity contribution in [3.8, 4) is 22.5 Å². The SMILES string of the molecule is Cc1cccc(-c2[nH]ncc2-c2csc(Nc3nccc(C)n3)n2)c1. The highest BCUT2D eigenvalue weighted by molar-refractivity contribution is 7.14. The van der Waals surface area contributed by atoms with Crippen molar-refractivity contribution in [2.45, 2.75) is 13.8 Å². The molecule has 25 heavy (non-hydrogen) atoms. The summed E-state index contributed by atoms with van der Waals surface area (Å²) in [6, 6.07) is 10.2. The average molecular weight is 348 g/mol. The normalized spacial score (nSPS) is 10.8. The number of H-pyrrole nitrogens is 1. The van der Waals surface area contributed by atoms with E-state index in [0.29, 0.717) is 5.95 Å². The van der Waals surface area contributed by atoms with Gasteiger partial charge in [-0.05, 0) is 26.0 Å². The third-order valence-electron chi connectivity index (χ3n) is 3.74. The maximum atomic E-state index is 4.65. The molecule has 0 aliphatic carbocycles. The summed E-state index contributed by atoms with van der Waals surface area (Å²) >= 11 is 1.51. The lowest BCUT2D eigenvalue weighted by molar-refractivity contribution is 1.09. The molecule has 0 bridgehead atoms. The number of aryl methyl sites for hydroxylation is 2. The first kappa shape index (κ1) is 15.5. The molecule has 1 aromatic carbocycles. The molecule has 2 N–H and O–H groups in total. The first-order valence-electron chi connectivity index (χ1n) is 7.82. The van der Waals surface area contributed by atoms with Crippen molar-refractivity contribution in [2.75, 3.05) is 5.32 Å². The number of nitrogens with one attached hydrogen (secondary N) is 2. The van der Waals surface area contributed by atoms with E-state index in [9.17, 15) is 0 Å². The van der Waals surface area contributed by atoms with Crippen LogP contribution in [0.15, 0.2) is 48.1 Å². The van der Waals surface area contributed by atoms with Gasteiger partial charge in [0.15, 0.2) is 5.13 Å². The van der Waals surface area contributed by atoms with Crippen LogP contribution in [0.25, 0.3) is 22.5 Å². The van der Waals surface area contributed by atoms with E-state index in [1.165, 1.54) is 16.9 Å². The highest BCUT2D eigenvalue weighted by atomic mass is 32.1. The van der Waals surface area contributed by atoms with Crippen LogP contribution in [0.2, 0.25) is 0 Å². The van der Waals surface area contributed by atoms with E-state index >= 15 is 0 Å². The molecule has 6 nitrogen and oxygen atoms in total. The summed E-state index contributed by atoms with van der Waals surface area (Å²) in [6.45, 7) is 4.01. The van der Waals surface area contributed by atoms with Gasteiger partial charge in [0.1, 0.15) is 0 Å². The number of hydrogen-bond donors (Lipinski definition) is 2. The van der Waals surface area contributed by atoms with Crippen LogP contribution in [0.1, 0.15) is 11.3 Å². The fourth-order valence-corrected chi connectivity index (χ4v) is 3.26. The van der Waals surface area contributed by atoms with E-state index in [1.807, 2.05) is 24.4 Å². The zero-order chi connectivity index (χ0) is 17.2. The molecule has 0 aliphatic heterocycles. The van der Waals surface area contributed by atoms with Crippen LogP contribution in [-0.2, 0) is 0 Å². The molecule has 4 aromatic rings. The molecule has 4 rings (SSSR count). The second-order valence-electron chi connectivity index (χ2n) is 5.71. The molecule has 0 amide bonds. The monoisotopic (exact) mass is 348 g/mol. The fraction of sp³-hybridized carbons (Fsp3) is 0.111. The predicted molar refractivity (Wildman–Crippen MR) is 99.9 cm³/mol. The molecular weight excluding hydrogens is 332 g/mol. The quantitative estimate of drug-likeness (QED) is 0.573. The molecule has 0 saturated carbocycles. The molecular formula is C18H16N6S. The van der Waals surface area contributed by atoms with E-state index < -0.39 is 0 Å². The number of hydrogen-bond acceptors (Lipinski definition) is 6. The van der Waals surface area contributed by atoms with Crippen LogP contribution in [0.5, 0.6) is 0 Å². The smallest absolute Gasteiger partial charge is 0.229 e. The molecule has 0 atom stereocenters. The maximum absolute atomic E-state index is 4.65. The van der Waals surface area contributed by atoms with Gasteiger partial charge in [0.05, 0.1) is 17.6 Å². The van der Waals surface area contributed by atoms with Gasteiger partial charge in [-0.15, -0.1) is 11.3 Å². The van der Waals surface area contributed by atoms with Crippen molar-refractivity contribution in [3.05, 3.63) is 59.4 Å². The summed E-state index contributed by atoms with van der Waals surface area (Å²) in [5.74, 6) is 0.548. The number of benzene rings is 1. The topological polar surface area (TPSA) is 79.4 Å². The van der Waals surface area contributed by atoms with E-state index in [-0.39, 0.29) is 0 Å². The second kappa shape index (κ2) is 6.45. The van der Waals surface area contributed by atoms with Crippen molar-refractivity contribution in [3.63, 3.8) is 0 Å². The Kier molecular flexibility index (Phi) is 3.99. The maximum Gasteiger partial charge on any atom is 0.229 e. The average Bonchev–Trinajstić information content (AvgIpc) is 3.23. The Morgan fingerprint density at radius 3 is 2.88 bits per heavy atom. The van der Waals surface area contributed by atoms with Crippen molar-refractivity contribution in [1.29, 1.82) is 0 Å². The Labute approximate surface area is 149 Å². The Hall–Kier alpha value is -3.06. The van der Waals surface area contributed by atoms with Gasteiger partial charge in [-0.1, -0.05) is 23.8 Å². The van der Waals surface area contributed by atoms with Crippen LogP contribution in [0.4, 0.5) is 11.1 Å². The lowest BCUT2D eigenvalue weighted by Gasteiger charge is -2.03. The van der Waals surface area contributed by atoms with Crippen LogP contribution >= 0.6 is 11.3 Å². The largest absolute Gasteiger partial charge is 0.300 e. The van der Waals surface area contributed by atoms with Crippen molar-refractivity contribution < 1.29 is 0 Å². The highest BCUT2D eigenvalue weighted by Gasteiger charge is 2.13. The summed E-state index contributed by atoms with van der Waals surface area (Å²) in [7, 11) is 0. The third kappa shape index (κ3) is 3.27. The molecule has 3 heterocycles. The van der Waals surface area contributed by atoms with Crippen LogP contribution in [0, 0.1) is 13.8 Å². The summed E-state index contributed by atoms with van der Waals surface area (Å²) in [6.07, 6.45) is 3.53. The molecule has 0 unspecified atom stereocenters. The molecule has 0 spiro atoms. The van der Waals surface area contributed by atoms with Crippen LogP contribution < -0.4 is 5.32 Å². The number of aromatic amines is 1. The summed E-state index contributed by atoms with van der Waals surface area (Å²) < 4.78 is 0. The zero-order valence-corrected chi connectivity index (χ0v) is 14.6. The first-order valence-corrected chi connectivity index (χ1v) is 8.70. The van der Waals surface area contributed by atoms with E-state index in [2.05, 4.69) is 55.6 Å². The Bertz CT molecular complexity index is 1020. The molecule has 7 heteroatoms. The number of anilines is 2. The Morgan fingerprint density at radius 2 is 2.04 bits per heavy atom. The fourth-order valence-electron chi connectivity index (χ4n) is 2.56. The number of thiazole rings is 1. The second-order valence-corrected chi connectivity index (χ2v) is 6.57. The molecule has 0 fully saturated rings. The summed E-state index contributed by atoms with van der Waals surface area (Å²) in [5, 5.41) is 13.2. The molecule has 3 aromatic heterocycles. The highest BCUT2D eigenvalue weighted by Crippen LogP contribution is 2.32. The van der Waals surface area contributed by atoms with Gasteiger partial charge in [0.25, 0.3) is 0 Å². The van der Waals surface area contributed by atoms with Gasteiger partial charge < -0.3 is 5.32 Å². The van der Waals surface area contributed by atoms with Crippen molar-refractivity contribution >= 4 is 22.4 Å².